The lowest BCUT2D eigenvalue weighted by molar-refractivity contribution is 0.0933. The Morgan fingerprint density at radius 3 is 2.33 bits per heavy atom. The normalized spacial score (nSPS) is 10.3. The van der Waals surface area contributed by atoms with Crippen molar-refractivity contribution in [3.05, 3.63) is 59.7 Å². The number of thiocarbonyl (C=S) groups is 1. The van der Waals surface area contributed by atoms with Crippen molar-refractivity contribution in [2.24, 2.45) is 5.92 Å². The number of ether oxygens (including phenoxy) is 2. The molecular weight excluding hydrogens is 402 g/mol. The van der Waals surface area contributed by atoms with Gasteiger partial charge in [0.2, 0.25) is 0 Å². The van der Waals surface area contributed by atoms with Crippen LogP contribution in [0, 0.1) is 5.92 Å². The van der Waals surface area contributed by atoms with E-state index in [-0.39, 0.29) is 5.11 Å². The summed E-state index contributed by atoms with van der Waals surface area (Å²) in [7, 11) is 0. The molecule has 2 amide bonds. The summed E-state index contributed by atoms with van der Waals surface area (Å²) in [5.74, 6) is 0.760. The molecule has 30 heavy (non-hydrogen) atoms. The SMILES string of the molecule is CCCOc1ccccc1C(=O)NC(=S)NNC(=O)c1ccc(OCC(C)C)cc1. The van der Waals surface area contributed by atoms with Gasteiger partial charge in [-0.3, -0.25) is 25.8 Å². The minimum absolute atomic E-state index is 0.0319. The van der Waals surface area contributed by atoms with E-state index in [9.17, 15) is 9.59 Å². The molecule has 0 radical (unpaired) electrons. The maximum atomic E-state index is 12.5. The van der Waals surface area contributed by atoms with E-state index in [1.165, 1.54) is 0 Å². The molecule has 0 aliphatic heterocycles. The van der Waals surface area contributed by atoms with Crippen LogP contribution in [0.3, 0.4) is 0 Å². The average Bonchev–Trinajstić information content (AvgIpc) is 2.75. The molecule has 0 saturated carbocycles. The van der Waals surface area contributed by atoms with Gasteiger partial charge in [-0.25, -0.2) is 0 Å². The van der Waals surface area contributed by atoms with Crippen LogP contribution in [-0.4, -0.2) is 30.1 Å². The van der Waals surface area contributed by atoms with Gasteiger partial charge in [0.15, 0.2) is 5.11 Å². The summed E-state index contributed by atoms with van der Waals surface area (Å²) < 4.78 is 11.2. The van der Waals surface area contributed by atoms with Gasteiger partial charge >= 0.3 is 0 Å². The highest BCUT2D eigenvalue weighted by atomic mass is 32.1. The lowest BCUT2D eigenvalue weighted by atomic mass is 10.2. The van der Waals surface area contributed by atoms with Gasteiger partial charge in [0.25, 0.3) is 11.8 Å². The molecule has 0 aliphatic rings. The Morgan fingerprint density at radius 2 is 1.67 bits per heavy atom. The highest BCUT2D eigenvalue weighted by Crippen LogP contribution is 2.18. The van der Waals surface area contributed by atoms with Crippen LogP contribution < -0.4 is 25.6 Å². The second kappa shape index (κ2) is 11.8. The number of rotatable bonds is 8. The molecule has 0 atom stereocenters. The third-order valence-electron chi connectivity index (χ3n) is 3.81. The lowest BCUT2D eigenvalue weighted by Gasteiger charge is -2.13. The fraction of sp³-hybridized carbons (Fsp3) is 0.318. The Bertz CT molecular complexity index is 869. The van der Waals surface area contributed by atoms with Crippen molar-refractivity contribution < 1.29 is 19.1 Å². The Labute approximate surface area is 182 Å². The van der Waals surface area contributed by atoms with E-state index in [1.807, 2.05) is 6.92 Å². The summed E-state index contributed by atoms with van der Waals surface area (Å²) in [6.07, 6.45) is 0.826. The van der Waals surface area contributed by atoms with E-state index in [0.29, 0.717) is 41.8 Å². The van der Waals surface area contributed by atoms with Crippen molar-refractivity contribution in [2.45, 2.75) is 27.2 Å². The van der Waals surface area contributed by atoms with Crippen LogP contribution in [0.5, 0.6) is 11.5 Å². The predicted molar refractivity (Wildman–Crippen MR) is 120 cm³/mol. The molecule has 0 heterocycles. The minimum Gasteiger partial charge on any atom is -0.493 e. The number of hydrogen-bond acceptors (Lipinski definition) is 5. The van der Waals surface area contributed by atoms with Gasteiger partial charge in [0, 0.05) is 5.56 Å². The van der Waals surface area contributed by atoms with E-state index < -0.39 is 11.8 Å². The number of nitrogens with one attached hydrogen (secondary N) is 3. The summed E-state index contributed by atoms with van der Waals surface area (Å²) in [5.41, 5.74) is 5.77. The number of hydrogen-bond donors (Lipinski definition) is 3. The van der Waals surface area contributed by atoms with E-state index in [1.54, 1.807) is 48.5 Å². The van der Waals surface area contributed by atoms with E-state index in [0.717, 1.165) is 6.42 Å². The van der Waals surface area contributed by atoms with Gasteiger partial charge in [0.1, 0.15) is 11.5 Å². The van der Waals surface area contributed by atoms with Crippen LogP contribution in [0.2, 0.25) is 0 Å². The second-order valence-corrected chi connectivity index (χ2v) is 7.34. The van der Waals surface area contributed by atoms with Crippen LogP contribution in [0.1, 0.15) is 47.9 Å². The van der Waals surface area contributed by atoms with Gasteiger partial charge < -0.3 is 9.47 Å². The number of carbonyl (C=O) groups excluding carboxylic acids is 2. The first kappa shape index (κ1) is 23.2. The third-order valence-corrected chi connectivity index (χ3v) is 4.01. The smallest absolute Gasteiger partial charge is 0.269 e. The molecule has 0 saturated heterocycles. The topological polar surface area (TPSA) is 88.7 Å². The Morgan fingerprint density at radius 1 is 0.967 bits per heavy atom. The molecule has 160 valence electrons. The molecule has 0 spiro atoms. The fourth-order valence-corrected chi connectivity index (χ4v) is 2.49. The largest absolute Gasteiger partial charge is 0.493 e. The third kappa shape index (κ3) is 7.36. The monoisotopic (exact) mass is 429 g/mol. The molecule has 0 bridgehead atoms. The number of benzene rings is 2. The highest BCUT2D eigenvalue weighted by Gasteiger charge is 2.14. The quantitative estimate of drug-likeness (QED) is 0.440. The molecule has 0 unspecified atom stereocenters. The van der Waals surface area contributed by atoms with E-state index in [4.69, 9.17) is 21.7 Å². The average molecular weight is 430 g/mol. The number of para-hydroxylation sites is 1. The van der Waals surface area contributed by atoms with Crippen LogP contribution >= 0.6 is 12.2 Å². The first-order valence-electron chi connectivity index (χ1n) is 9.77. The molecule has 2 aromatic carbocycles. The van der Waals surface area contributed by atoms with E-state index in [2.05, 4.69) is 30.0 Å². The molecule has 3 N–H and O–H groups in total. The zero-order chi connectivity index (χ0) is 21.9. The zero-order valence-electron chi connectivity index (χ0n) is 17.4. The van der Waals surface area contributed by atoms with Crippen molar-refractivity contribution >= 4 is 29.1 Å². The van der Waals surface area contributed by atoms with Crippen molar-refractivity contribution in [3.63, 3.8) is 0 Å². The standard InChI is InChI=1S/C22H27N3O4S/c1-4-13-28-19-8-6-5-7-18(19)21(27)23-22(30)25-24-20(26)16-9-11-17(12-10-16)29-14-15(2)3/h5-12,15H,4,13-14H2,1-3H3,(H,24,26)(H2,23,25,27,30). The first-order valence-corrected chi connectivity index (χ1v) is 10.2. The van der Waals surface area contributed by atoms with Gasteiger partial charge in [-0.2, -0.15) is 0 Å². The number of hydrazine groups is 1. The summed E-state index contributed by atoms with van der Waals surface area (Å²) in [6.45, 7) is 7.21. The molecule has 0 fully saturated rings. The summed E-state index contributed by atoms with van der Waals surface area (Å²) in [5, 5.41) is 2.49. The molecular formula is C22H27N3O4S. The zero-order valence-corrected chi connectivity index (χ0v) is 18.2. The maximum Gasteiger partial charge on any atom is 0.269 e. The van der Waals surface area contributed by atoms with Gasteiger partial charge in [-0.1, -0.05) is 32.9 Å². The molecule has 2 rings (SSSR count). The van der Waals surface area contributed by atoms with E-state index >= 15 is 0 Å². The molecule has 7 nitrogen and oxygen atoms in total. The Kier molecular flexibility index (Phi) is 9.08. The first-order chi connectivity index (χ1) is 14.4. The summed E-state index contributed by atoms with van der Waals surface area (Å²) in [6, 6.07) is 13.6. The Hall–Kier alpha value is -3.13. The van der Waals surface area contributed by atoms with Crippen LogP contribution in [0.4, 0.5) is 0 Å². The second-order valence-electron chi connectivity index (χ2n) is 6.94. The lowest BCUT2D eigenvalue weighted by Crippen LogP contribution is -2.48. The molecule has 8 heteroatoms. The minimum atomic E-state index is -0.430. The maximum absolute atomic E-state index is 12.5. The molecule has 0 aromatic heterocycles. The van der Waals surface area contributed by atoms with Gasteiger partial charge in [-0.15, -0.1) is 0 Å². The van der Waals surface area contributed by atoms with Gasteiger partial charge in [0.05, 0.1) is 18.8 Å². The van der Waals surface area contributed by atoms with Crippen LogP contribution in [-0.2, 0) is 0 Å². The molecule has 2 aromatic rings. The van der Waals surface area contributed by atoms with Crippen molar-refractivity contribution in [2.75, 3.05) is 13.2 Å². The fourth-order valence-electron chi connectivity index (χ4n) is 2.34. The number of carbonyl (C=O) groups is 2. The van der Waals surface area contributed by atoms with Crippen molar-refractivity contribution in [1.82, 2.24) is 16.2 Å². The van der Waals surface area contributed by atoms with Crippen LogP contribution in [0.15, 0.2) is 48.5 Å². The molecule has 0 aliphatic carbocycles. The van der Waals surface area contributed by atoms with Crippen molar-refractivity contribution in [1.29, 1.82) is 0 Å². The summed E-state index contributed by atoms with van der Waals surface area (Å²) >= 11 is 5.09. The highest BCUT2D eigenvalue weighted by molar-refractivity contribution is 7.80. The predicted octanol–water partition coefficient (Wildman–Crippen LogP) is 3.46. The number of amides is 2. The van der Waals surface area contributed by atoms with Gasteiger partial charge in [-0.05, 0) is 61.0 Å². The van der Waals surface area contributed by atoms with Crippen molar-refractivity contribution in [3.8, 4) is 11.5 Å². The summed E-state index contributed by atoms with van der Waals surface area (Å²) in [4.78, 5) is 24.7. The Balaban J connectivity index is 1.85. The van der Waals surface area contributed by atoms with Crippen LogP contribution in [0.25, 0.3) is 0 Å².